The number of rotatable bonds is 5. The van der Waals surface area contributed by atoms with Gasteiger partial charge in [-0.05, 0) is 23.8 Å². The highest BCUT2D eigenvalue weighted by Crippen LogP contribution is 2.29. The van der Waals surface area contributed by atoms with Gasteiger partial charge in [0.05, 0.1) is 12.0 Å². The first-order valence-corrected chi connectivity index (χ1v) is 6.01. The second kappa shape index (κ2) is 6.17. The van der Waals surface area contributed by atoms with Crippen LogP contribution in [0.5, 0.6) is 5.75 Å². The number of anilines is 1. The van der Waals surface area contributed by atoms with Crippen molar-refractivity contribution in [2.45, 2.75) is 6.54 Å². The van der Waals surface area contributed by atoms with Crippen LogP contribution in [-0.4, -0.2) is 12.0 Å². The number of nitrogens with one attached hydrogen (secondary N) is 1. The molecule has 2 aromatic carbocycles. The number of hydrogen-bond donors (Lipinski definition) is 1. The normalized spacial score (nSPS) is 10.2. The SMILES string of the molecule is COc1cc(NCc2ccc(F)c(F)c2)ccc1[N+](=O)[O-]. The third-order valence-corrected chi connectivity index (χ3v) is 2.86. The summed E-state index contributed by atoms with van der Waals surface area (Å²) in [6.07, 6.45) is 0. The lowest BCUT2D eigenvalue weighted by atomic mass is 10.2. The number of hydrogen-bond acceptors (Lipinski definition) is 4. The molecule has 0 aliphatic rings. The van der Waals surface area contributed by atoms with Crippen molar-refractivity contribution in [1.82, 2.24) is 0 Å². The Kier molecular flexibility index (Phi) is 4.32. The molecule has 110 valence electrons. The van der Waals surface area contributed by atoms with Crippen LogP contribution in [0.2, 0.25) is 0 Å². The first kappa shape index (κ1) is 14.7. The van der Waals surface area contributed by atoms with E-state index < -0.39 is 16.6 Å². The van der Waals surface area contributed by atoms with Gasteiger partial charge in [-0.1, -0.05) is 6.07 Å². The molecule has 0 bridgehead atoms. The summed E-state index contributed by atoms with van der Waals surface area (Å²) in [5.74, 6) is -1.71. The van der Waals surface area contributed by atoms with Crippen LogP contribution in [0, 0.1) is 21.7 Å². The zero-order chi connectivity index (χ0) is 15.4. The van der Waals surface area contributed by atoms with Gasteiger partial charge in [0, 0.05) is 24.4 Å². The van der Waals surface area contributed by atoms with Crippen molar-refractivity contribution in [1.29, 1.82) is 0 Å². The first-order chi connectivity index (χ1) is 10.0. The average molecular weight is 294 g/mol. The summed E-state index contributed by atoms with van der Waals surface area (Å²) in [5, 5.41) is 13.7. The largest absolute Gasteiger partial charge is 0.490 e. The molecule has 0 saturated carbocycles. The number of nitro groups is 1. The van der Waals surface area contributed by atoms with Crippen LogP contribution in [0.3, 0.4) is 0 Å². The van der Waals surface area contributed by atoms with Gasteiger partial charge in [-0.25, -0.2) is 8.78 Å². The van der Waals surface area contributed by atoms with Gasteiger partial charge in [-0.3, -0.25) is 10.1 Å². The molecule has 0 spiro atoms. The third kappa shape index (κ3) is 3.44. The molecule has 0 unspecified atom stereocenters. The number of ether oxygens (including phenoxy) is 1. The smallest absolute Gasteiger partial charge is 0.311 e. The Labute approximate surface area is 119 Å². The fourth-order valence-corrected chi connectivity index (χ4v) is 1.79. The molecular weight excluding hydrogens is 282 g/mol. The van der Waals surface area contributed by atoms with E-state index in [9.17, 15) is 18.9 Å². The summed E-state index contributed by atoms with van der Waals surface area (Å²) >= 11 is 0. The van der Waals surface area contributed by atoms with Crippen LogP contribution >= 0.6 is 0 Å². The zero-order valence-corrected chi connectivity index (χ0v) is 11.1. The second-order valence-electron chi connectivity index (χ2n) is 4.25. The molecule has 21 heavy (non-hydrogen) atoms. The molecule has 0 fully saturated rings. The van der Waals surface area contributed by atoms with Crippen LogP contribution in [0.25, 0.3) is 0 Å². The summed E-state index contributed by atoms with van der Waals surface area (Å²) in [4.78, 5) is 10.2. The zero-order valence-electron chi connectivity index (χ0n) is 11.1. The van der Waals surface area contributed by atoms with Crippen LogP contribution in [0.1, 0.15) is 5.56 Å². The predicted molar refractivity (Wildman–Crippen MR) is 73.3 cm³/mol. The van der Waals surface area contributed by atoms with E-state index in [0.717, 1.165) is 12.1 Å². The lowest BCUT2D eigenvalue weighted by Crippen LogP contribution is -2.01. The molecule has 2 rings (SSSR count). The van der Waals surface area contributed by atoms with Crippen LogP contribution in [0.4, 0.5) is 20.2 Å². The van der Waals surface area contributed by atoms with Crippen molar-refractivity contribution in [2.24, 2.45) is 0 Å². The van der Waals surface area contributed by atoms with Crippen LogP contribution in [-0.2, 0) is 6.54 Å². The lowest BCUT2D eigenvalue weighted by Gasteiger charge is -2.09. The molecule has 0 aliphatic heterocycles. The van der Waals surface area contributed by atoms with Gasteiger partial charge in [0.2, 0.25) is 0 Å². The summed E-state index contributed by atoms with van der Waals surface area (Å²) in [5.41, 5.74) is 0.976. The number of nitrogens with zero attached hydrogens (tertiary/aromatic N) is 1. The highest BCUT2D eigenvalue weighted by Gasteiger charge is 2.14. The molecule has 0 radical (unpaired) electrons. The van der Waals surface area contributed by atoms with Crippen molar-refractivity contribution in [3.05, 3.63) is 63.7 Å². The number of benzene rings is 2. The molecule has 0 saturated heterocycles. The lowest BCUT2D eigenvalue weighted by molar-refractivity contribution is -0.385. The van der Waals surface area contributed by atoms with E-state index >= 15 is 0 Å². The summed E-state index contributed by atoms with van der Waals surface area (Å²) in [7, 11) is 1.33. The maximum atomic E-state index is 13.1. The Morgan fingerprint density at radius 3 is 2.57 bits per heavy atom. The Bertz CT molecular complexity index is 677. The van der Waals surface area contributed by atoms with E-state index in [2.05, 4.69) is 5.32 Å². The van der Waals surface area contributed by atoms with Crippen molar-refractivity contribution >= 4 is 11.4 Å². The van der Waals surface area contributed by atoms with Crippen molar-refractivity contribution in [3.63, 3.8) is 0 Å². The molecule has 0 heterocycles. The fourth-order valence-electron chi connectivity index (χ4n) is 1.79. The van der Waals surface area contributed by atoms with Gasteiger partial charge in [0.15, 0.2) is 17.4 Å². The maximum Gasteiger partial charge on any atom is 0.311 e. The molecule has 2 aromatic rings. The van der Waals surface area contributed by atoms with Gasteiger partial charge in [-0.2, -0.15) is 0 Å². The van der Waals surface area contributed by atoms with Crippen molar-refractivity contribution in [2.75, 3.05) is 12.4 Å². The van der Waals surface area contributed by atoms with Crippen LogP contribution < -0.4 is 10.1 Å². The van der Waals surface area contributed by atoms with Gasteiger partial charge >= 0.3 is 5.69 Å². The Morgan fingerprint density at radius 2 is 1.95 bits per heavy atom. The molecule has 5 nitrogen and oxygen atoms in total. The monoisotopic (exact) mass is 294 g/mol. The molecule has 0 aliphatic carbocycles. The number of halogens is 2. The number of methoxy groups -OCH3 is 1. The molecule has 7 heteroatoms. The van der Waals surface area contributed by atoms with Gasteiger partial charge in [0.25, 0.3) is 0 Å². The third-order valence-electron chi connectivity index (χ3n) is 2.86. The topological polar surface area (TPSA) is 64.4 Å². The van der Waals surface area contributed by atoms with E-state index in [1.807, 2.05) is 0 Å². The van der Waals surface area contributed by atoms with E-state index in [1.54, 1.807) is 0 Å². The highest BCUT2D eigenvalue weighted by atomic mass is 19.2. The quantitative estimate of drug-likeness (QED) is 0.677. The van der Waals surface area contributed by atoms with Gasteiger partial charge in [-0.15, -0.1) is 0 Å². The summed E-state index contributed by atoms with van der Waals surface area (Å²) in [6, 6.07) is 7.88. The van der Waals surface area contributed by atoms with Crippen molar-refractivity contribution in [3.8, 4) is 5.75 Å². The molecule has 0 aromatic heterocycles. The predicted octanol–water partition coefficient (Wildman–Crippen LogP) is 3.49. The molecule has 1 N–H and O–H groups in total. The Balaban J connectivity index is 2.13. The van der Waals surface area contributed by atoms with E-state index in [1.165, 1.54) is 31.4 Å². The maximum absolute atomic E-state index is 13.1. The standard InChI is InChI=1S/C14H12F2N2O3/c1-21-14-7-10(3-5-13(14)18(19)20)17-8-9-2-4-11(15)12(16)6-9/h2-7,17H,8H2,1H3. The fraction of sp³-hybridized carbons (Fsp3) is 0.143. The second-order valence-corrected chi connectivity index (χ2v) is 4.25. The van der Waals surface area contributed by atoms with Crippen molar-refractivity contribution < 1.29 is 18.4 Å². The Morgan fingerprint density at radius 1 is 1.19 bits per heavy atom. The molecule has 0 atom stereocenters. The summed E-state index contributed by atoms with van der Waals surface area (Å²) < 4.78 is 30.8. The first-order valence-electron chi connectivity index (χ1n) is 6.01. The highest BCUT2D eigenvalue weighted by molar-refractivity contribution is 5.58. The molecule has 0 amide bonds. The minimum Gasteiger partial charge on any atom is -0.490 e. The van der Waals surface area contributed by atoms with Gasteiger partial charge in [0.1, 0.15) is 0 Å². The number of nitro benzene ring substituents is 1. The van der Waals surface area contributed by atoms with Crippen LogP contribution in [0.15, 0.2) is 36.4 Å². The minimum absolute atomic E-state index is 0.121. The molecular formula is C14H12F2N2O3. The summed E-state index contributed by atoms with van der Waals surface area (Å²) in [6.45, 7) is 0.248. The van der Waals surface area contributed by atoms with E-state index in [-0.39, 0.29) is 18.0 Å². The van der Waals surface area contributed by atoms with E-state index in [0.29, 0.717) is 11.3 Å². The minimum atomic E-state index is -0.921. The Hall–Kier alpha value is -2.70. The average Bonchev–Trinajstić information content (AvgIpc) is 2.48. The van der Waals surface area contributed by atoms with E-state index in [4.69, 9.17) is 4.74 Å². The van der Waals surface area contributed by atoms with Gasteiger partial charge < -0.3 is 10.1 Å².